The van der Waals surface area contributed by atoms with Crippen molar-refractivity contribution in [1.82, 2.24) is 24.8 Å². The van der Waals surface area contributed by atoms with Gasteiger partial charge in [-0.05, 0) is 35.9 Å². The molecule has 0 spiro atoms. The number of carbonyl (C=O) groups excluding carboxylic acids is 1. The molecule has 0 unspecified atom stereocenters. The number of nitrogens with two attached hydrogens (primary N) is 1. The second-order valence-corrected chi connectivity index (χ2v) is 7.93. The molecule has 2 N–H and O–H groups in total. The number of piperazine rings is 1. The number of carbonyl (C=O) groups is 1. The van der Waals surface area contributed by atoms with Crippen LogP contribution in [0.2, 0.25) is 0 Å². The summed E-state index contributed by atoms with van der Waals surface area (Å²) in [7, 11) is 0. The second-order valence-electron chi connectivity index (χ2n) is 7.93. The number of benzene rings is 1. The molecule has 0 atom stereocenters. The number of amides is 1. The Morgan fingerprint density at radius 1 is 1.13 bits per heavy atom. The van der Waals surface area contributed by atoms with Gasteiger partial charge in [0.15, 0.2) is 5.82 Å². The van der Waals surface area contributed by atoms with Gasteiger partial charge in [-0.1, -0.05) is 13.8 Å². The van der Waals surface area contributed by atoms with E-state index >= 15 is 0 Å². The average Bonchev–Trinajstić information content (AvgIpc) is 2.73. The summed E-state index contributed by atoms with van der Waals surface area (Å²) in [5.41, 5.74) is 9.25. The fourth-order valence-electron chi connectivity index (χ4n) is 3.76. The molecule has 3 aromatic rings. The van der Waals surface area contributed by atoms with E-state index in [4.69, 9.17) is 5.73 Å². The Morgan fingerprint density at radius 2 is 1.90 bits per heavy atom. The van der Waals surface area contributed by atoms with Crippen LogP contribution in [0.4, 0.5) is 10.2 Å². The first-order valence-corrected chi connectivity index (χ1v) is 10.1. The molecule has 8 heteroatoms. The number of nitrogen functional groups attached to an aromatic ring is 1. The third kappa shape index (κ3) is 4.23. The van der Waals surface area contributed by atoms with Gasteiger partial charge in [-0.2, -0.15) is 0 Å². The first kappa shape index (κ1) is 20.2. The van der Waals surface area contributed by atoms with Crippen LogP contribution in [0.15, 0.2) is 36.7 Å². The van der Waals surface area contributed by atoms with Gasteiger partial charge >= 0.3 is 0 Å². The molecule has 0 bridgehead atoms. The van der Waals surface area contributed by atoms with Crippen molar-refractivity contribution in [3.63, 3.8) is 0 Å². The monoisotopic (exact) mass is 408 g/mol. The molecular formula is C22H25FN6O. The summed E-state index contributed by atoms with van der Waals surface area (Å²) in [4.78, 5) is 29.0. The van der Waals surface area contributed by atoms with E-state index in [0.717, 1.165) is 18.7 Å². The lowest BCUT2D eigenvalue weighted by atomic mass is 10.1. The van der Waals surface area contributed by atoms with E-state index in [2.05, 4.69) is 19.9 Å². The van der Waals surface area contributed by atoms with Gasteiger partial charge in [-0.15, -0.1) is 0 Å². The van der Waals surface area contributed by atoms with E-state index in [1.165, 1.54) is 12.4 Å². The SMILES string of the molecule is CC(C)C(=O)N1CCN(Cc2cc(F)cc(-c3ccc4ncnc(N)c4n3)c2)CC1. The lowest BCUT2D eigenvalue weighted by Crippen LogP contribution is -2.49. The van der Waals surface area contributed by atoms with Crippen molar-refractivity contribution in [1.29, 1.82) is 0 Å². The molecular weight excluding hydrogens is 383 g/mol. The number of fused-ring (bicyclic) bond motifs is 1. The van der Waals surface area contributed by atoms with E-state index in [1.54, 1.807) is 6.07 Å². The molecule has 3 heterocycles. The normalized spacial score (nSPS) is 15.1. The summed E-state index contributed by atoms with van der Waals surface area (Å²) in [6, 6.07) is 8.59. The molecule has 2 aromatic heterocycles. The molecule has 4 rings (SSSR count). The highest BCUT2D eigenvalue weighted by Gasteiger charge is 2.23. The maximum absolute atomic E-state index is 14.4. The Bertz CT molecular complexity index is 1080. The average molecular weight is 408 g/mol. The Labute approximate surface area is 174 Å². The number of hydrogen-bond acceptors (Lipinski definition) is 6. The number of hydrogen-bond donors (Lipinski definition) is 1. The van der Waals surface area contributed by atoms with Crippen LogP contribution in [0, 0.1) is 11.7 Å². The first-order chi connectivity index (χ1) is 14.4. The standard InChI is InChI=1S/C22H25FN6O/c1-14(2)22(30)29-7-5-28(6-8-29)12-15-9-16(11-17(23)10-15)18-3-4-19-20(27-18)21(24)26-13-25-19/h3-4,9-11,13-14H,5-8,12H2,1-2H3,(H2,24,25,26). The predicted molar refractivity (Wildman–Crippen MR) is 114 cm³/mol. The van der Waals surface area contributed by atoms with Gasteiger partial charge in [0, 0.05) is 44.2 Å². The van der Waals surface area contributed by atoms with Gasteiger partial charge in [0.1, 0.15) is 17.7 Å². The van der Waals surface area contributed by atoms with Crippen LogP contribution in [0.1, 0.15) is 19.4 Å². The van der Waals surface area contributed by atoms with Crippen LogP contribution < -0.4 is 5.73 Å². The number of halogens is 1. The van der Waals surface area contributed by atoms with E-state index in [9.17, 15) is 9.18 Å². The lowest BCUT2D eigenvalue weighted by molar-refractivity contribution is -0.136. The van der Waals surface area contributed by atoms with Crippen molar-refractivity contribution in [3.05, 3.63) is 48.0 Å². The number of nitrogens with zero attached hydrogens (tertiary/aromatic N) is 5. The second kappa shape index (κ2) is 8.31. The lowest BCUT2D eigenvalue weighted by Gasteiger charge is -2.35. The van der Waals surface area contributed by atoms with Gasteiger partial charge in [0.05, 0.1) is 11.2 Å². The van der Waals surface area contributed by atoms with E-state index in [0.29, 0.717) is 47.7 Å². The Balaban J connectivity index is 1.52. The third-order valence-electron chi connectivity index (χ3n) is 5.35. The van der Waals surface area contributed by atoms with Crippen LogP contribution in [0.3, 0.4) is 0 Å². The Hall–Kier alpha value is -3.13. The number of rotatable bonds is 4. The molecule has 1 aliphatic rings. The van der Waals surface area contributed by atoms with Crippen LogP contribution in [-0.2, 0) is 11.3 Å². The molecule has 0 saturated carbocycles. The number of aromatic nitrogens is 3. The van der Waals surface area contributed by atoms with Crippen molar-refractivity contribution in [2.75, 3.05) is 31.9 Å². The molecule has 0 radical (unpaired) electrons. The predicted octanol–water partition coefficient (Wildman–Crippen LogP) is 2.71. The van der Waals surface area contributed by atoms with Crippen molar-refractivity contribution in [2.45, 2.75) is 20.4 Å². The fourth-order valence-corrected chi connectivity index (χ4v) is 3.76. The Morgan fingerprint density at radius 3 is 2.63 bits per heavy atom. The van der Waals surface area contributed by atoms with E-state index in [-0.39, 0.29) is 17.6 Å². The zero-order valence-electron chi connectivity index (χ0n) is 17.2. The zero-order chi connectivity index (χ0) is 21.3. The Kier molecular flexibility index (Phi) is 5.59. The van der Waals surface area contributed by atoms with Gasteiger partial charge < -0.3 is 10.6 Å². The highest BCUT2D eigenvalue weighted by molar-refractivity contribution is 5.85. The summed E-state index contributed by atoms with van der Waals surface area (Å²) in [6.07, 6.45) is 1.40. The van der Waals surface area contributed by atoms with Crippen LogP contribution in [-0.4, -0.2) is 56.8 Å². The smallest absolute Gasteiger partial charge is 0.225 e. The molecule has 7 nitrogen and oxygen atoms in total. The maximum atomic E-state index is 14.4. The summed E-state index contributed by atoms with van der Waals surface area (Å²) >= 11 is 0. The van der Waals surface area contributed by atoms with Gasteiger partial charge in [0.25, 0.3) is 0 Å². The number of pyridine rings is 1. The molecule has 1 amide bonds. The minimum absolute atomic E-state index is 0.0104. The summed E-state index contributed by atoms with van der Waals surface area (Å²) < 4.78 is 14.4. The molecule has 1 saturated heterocycles. The molecule has 1 aliphatic heterocycles. The molecule has 1 fully saturated rings. The molecule has 0 aliphatic carbocycles. The summed E-state index contributed by atoms with van der Waals surface area (Å²) in [5.74, 6) is 0.187. The third-order valence-corrected chi connectivity index (χ3v) is 5.35. The summed E-state index contributed by atoms with van der Waals surface area (Å²) in [6.45, 7) is 7.40. The van der Waals surface area contributed by atoms with E-state index < -0.39 is 0 Å². The van der Waals surface area contributed by atoms with Gasteiger partial charge in [-0.25, -0.2) is 19.3 Å². The largest absolute Gasteiger partial charge is 0.382 e. The van der Waals surface area contributed by atoms with E-state index in [1.807, 2.05) is 36.9 Å². The number of anilines is 1. The molecule has 30 heavy (non-hydrogen) atoms. The van der Waals surface area contributed by atoms with Crippen molar-refractivity contribution in [2.24, 2.45) is 5.92 Å². The van der Waals surface area contributed by atoms with Crippen molar-refractivity contribution < 1.29 is 9.18 Å². The van der Waals surface area contributed by atoms with Crippen molar-refractivity contribution in [3.8, 4) is 11.3 Å². The molecule has 156 valence electrons. The fraction of sp³-hybridized carbons (Fsp3) is 0.364. The molecule has 1 aromatic carbocycles. The zero-order valence-corrected chi connectivity index (χ0v) is 17.2. The highest BCUT2D eigenvalue weighted by Crippen LogP contribution is 2.25. The minimum atomic E-state index is -0.310. The highest BCUT2D eigenvalue weighted by atomic mass is 19.1. The van der Waals surface area contributed by atoms with Gasteiger partial charge in [0.2, 0.25) is 5.91 Å². The topological polar surface area (TPSA) is 88.2 Å². The van der Waals surface area contributed by atoms with Crippen LogP contribution in [0.25, 0.3) is 22.3 Å². The van der Waals surface area contributed by atoms with Crippen LogP contribution in [0.5, 0.6) is 0 Å². The summed E-state index contributed by atoms with van der Waals surface area (Å²) in [5, 5.41) is 0. The maximum Gasteiger partial charge on any atom is 0.225 e. The minimum Gasteiger partial charge on any atom is -0.382 e. The first-order valence-electron chi connectivity index (χ1n) is 10.1. The van der Waals surface area contributed by atoms with Crippen molar-refractivity contribution >= 4 is 22.8 Å². The van der Waals surface area contributed by atoms with Crippen LogP contribution >= 0.6 is 0 Å². The van der Waals surface area contributed by atoms with Gasteiger partial charge in [-0.3, -0.25) is 9.69 Å². The quantitative estimate of drug-likeness (QED) is 0.714.